The summed E-state index contributed by atoms with van der Waals surface area (Å²) in [6.45, 7) is 0. The second kappa shape index (κ2) is 6.55. The highest BCUT2D eigenvalue weighted by molar-refractivity contribution is 6.32. The summed E-state index contributed by atoms with van der Waals surface area (Å²) in [7, 11) is 1.51. The summed E-state index contributed by atoms with van der Waals surface area (Å²) in [6, 6.07) is 6.05. The third-order valence-corrected chi connectivity index (χ3v) is 5.64. The second-order valence-corrected chi connectivity index (χ2v) is 7.19. The molecule has 4 amide bonds. The van der Waals surface area contributed by atoms with Crippen LogP contribution in [0, 0.1) is 17.8 Å². The number of nitrogens with one attached hydrogen (secondary N) is 1. The molecule has 0 spiro atoms. The molecule has 2 saturated carbocycles. The number of carbonyl (C=O) groups excluding carboxylic acids is 3. The Morgan fingerprint density at radius 1 is 1.23 bits per heavy atom. The van der Waals surface area contributed by atoms with Gasteiger partial charge in [-0.2, -0.15) is 0 Å². The van der Waals surface area contributed by atoms with E-state index in [1.165, 1.54) is 32.6 Å². The number of fused-ring (bicyclic) bond motifs is 2. The van der Waals surface area contributed by atoms with E-state index >= 15 is 0 Å². The number of imide groups is 2. The summed E-state index contributed by atoms with van der Waals surface area (Å²) in [6.07, 6.45) is 6.09. The standard InChI is InChI=1S/C19H21N3O4/c1-26-14-4-2-3-13(9-14)22-18(24)15(17(23)21-19(22)25)10-20-16-8-11-5-6-12(16)7-11/h2-4,9-12,15-16H,5-8H2,1H3,(H,21,23,25)/t11-,12-,15-,16-/m0/s1. The van der Waals surface area contributed by atoms with Gasteiger partial charge in [-0.15, -0.1) is 0 Å². The Labute approximate surface area is 151 Å². The van der Waals surface area contributed by atoms with Crippen molar-refractivity contribution in [2.75, 3.05) is 12.0 Å². The van der Waals surface area contributed by atoms with Gasteiger partial charge in [0.2, 0.25) is 5.91 Å². The van der Waals surface area contributed by atoms with E-state index in [0.29, 0.717) is 17.4 Å². The summed E-state index contributed by atoms with van der Waals surface area (Å²) >= 11 is 0. The largest absolute Gasteiger partial charge is 0.497 e. The Bertz CT molecular complexity index is 791. The maximum absolute atomic E-state index is 12.8. The van der Waals surface area contributed by atoms with Crippen molar-refractivity contribution in [3.63, 3.8) is 0 Å². The summed E-state index contributed by atoms with van der Waals surface area (Å²) in [5, 5.41) is 2.25. The van der Waals surface area contributed by atoms with Gasteiger partial charge < -0.3 is 4.74 Å². The van der Waals surface area contributed by atoms with Crippen LogP contribution >= 0.6 is 0 Å². The van der Waals surface area contributed by atoms with Gasteiger partial charge in [-0.05, 0) is 43.2 Å². The zero-order valence-corrected chi connectivity index (χ0v) is 14.6. The summed E-state index contributed by atoms with van der Waals surface area (Å²) in [5.74, 6) is -0.475. The number of methoxy groups -OCH3 is 1. The Hall–Kier alpha value is -2.70. The van der Waals surface area contributed by atoms with Crippen molar-refractivity contribution in [2.24, 2.45) is 22.7 Å². The maximum Gasteiger partial charge on any atom is 0.335 e. The predicted molar refractivity (Wildman–Crippen MR) is 95.2 cm³/mol. The molecule has 3 aliphatic rings. The zero-order chi connectivity index (χ0) is 18.3. The van der Waals surface area contributed by atoms with E-state index in [2.05, 4.69) is 10.3 Å². The second-order valence-electron chi connectivity index (χ2n) is 7.19. The molecule has 1 saturated heterocycles. The van der Waals surface area contributed by atoms with Crippen molar-refractivity contribution < 1.29 is 19.1 Å². The fraction of sp³-hybridized carbons (Fsp3) is 0.474. The molecule has 3 fully saturated rings. The number of anilines is 1. The Balaban J connectivity index is 1.56. The summed E-state index contributed by atoms with van der Waals surface area (Å²) in [4.78, 5) is 42.7. The number of amides is 4. The average molecular weight is 355 g/mol. The van der Waals surface area contributed by atoms with Crippen molar-refractivity contribution in [3.8, 4) is 5.75 Å². The molecule has 1 aromatic carbocycles. The van der Waals surface area contributed by atoms with Crippen LogP contribution in [-0.2, 0) is 9.59 Å². The number of rotatable bonds is 4. The Morgan fingerprint density at radius 3 is 2.77 bits per heavy atom. The number of carbonyl (C=O) groups is 3. The first-order chi connectivity index (χ1) is 12.6. The number of hydrogen-bond acceptors (Lipinski definition) is 5. The number of nitrogens with zero attached hydrogens (tertiary/aromatic N) is 2. The van der Waals surface area contributed by atoms with Crippen LogP contribution in [0.1, 0.15) is 25.7 Å². The van der Waals surface area contributed by atoms with Gasteiger partial charge in [0, 0.05) is 12.3 Å². The molecular weight excluding hydrogens is 334 g/mol. The highest BCUT2D eigenvalue weighted by Crippen LogP contribution is 2.45. The highest BCUT2D eigenvalue weighted by Gasteiger charge is 2.42. The van der Waals surface area contributed by atoms with Crippen LogP contribution in [0.4, 0.5) is 10.5 Å². The molecule has 0 aromatic heterocycles. The molecule has 1 heterocycles. The summed E-state index contributed by atoms with van der Waals surface area (Å²) < 4.78 is 5.14. The van der Waals surface area contributed by atoms with Gasteiger partial charge in [0.25, 0.3) is 5.91 Å². The molecule has 2 aliphatic carbocycles. The first-order valence-electron chi connectivity index (χ1n) is 8.93. The van der Waals surface area contributed by atoms with Crippen molar-refractivity contribution in [1.29, 1.82) is 0 Å². The Morgan fingerprint density at radius 2 is 2.08 bits per heavy atom. The topological polar surface area (TPSA) is 88.1 Å². The summed E-state index contributed by atoms with van der Waals surface area (Å²) in [5.41, 5.74) is 0.359. The van der Waals surface area contributed by atoms with E-state index < -0.39 is 23.8 Å². The molecule has 1 aromatic rings. The molecule has 4 rings (SSSR count). The molecule has 7 heteroatoms. The number of hydrogen-bond donors (Lipinski definition) is 1. The van der Waals surface area contributed by atoms with Gasteiger partial charge in [0.1, 0.15) is 5.75 Å². The number of urea groups is 1. The van der Waals surface area contributed by atoms with Crippen LogP contribution in [0.25, 0.3) is 0 Å². The molecular formula is C19H21N3O4. The van der Waals surface area contributed by atoms with Gasteiger partial charge in [-0.1, -0.05) is 12.5 Å². The molecule has 1 N–H and O–H groups in total. The molecule has 1 aliphatic heterocycles. The lowest BCUT2D eigenvalue weighted by Crippen LogP contribution is -2.58. The van der Waals surface area contributed by atoms with Gasteiger partial charge in [-0.3, -0.25) is 19.9 Å². The van der Waals surface area contributed by atoms with Crippen molar-refractivity contribution in [1.82, 2.24) is 5.32 Å². The quantitative estimate of drug-likeness (QED) is 0.662. The monoisotopic (exact) mass is 355 g/mol. The third kappa shape index (κ3) is 2.87. The highest BCUT2D eigenvalue weighted by atomic mass is 16.5. The van der Waals surface area contributed by atoms with E-state index in [-0.39, 0.29) is 6.04 Å². The first kappa shape index (κ1) is 16.8. The van der Waals surface area contributed by atoms with Crippen molar-refractivity contribution in [2.45, 2.75) is 31.7 Å². The van der Waals surface area contributed by atoms with Gasteiger partial charge in [0.15, 0.2) is 5.92 Å². The van der Waals surface area contributed by atoms with E-state index in [4.69, 9.17) is 4.74 Å². The molecule has 4 atom stereocenters. The van der Waals surface area contributed by atoms with Crippen LogP contribution < -0.4 is 15.0 Å². The van der Waals surface area contributed by atoms with Gasteiger partial charge in [-0.25, -0.2) is 9.69 Å². The van der Waals surface area contributed by atoms with Crippen LogP contribution in [0.2, 0.25) is 0 Å². The minimum Gasteiger partial charge on any atom is -0.497 e. The van der Waals surface area contributed by atoms with Crippen molar-refractivity contribution in [3.05, 3.63) is 24.3 Å². The average Bonchev–Trinajstić information content (AvgIpc) is 3.24. The molecule has 7 nitrogen and oxygen atoms in total. The molecule has 0 unspecified atom stereocenters. The van der Waals surface area contributed by atoms with Crippen LogP contribution in [0.15, 0.2) is 29.3 Å². The maximum atomic E-state index is 12.8. The minimum atomic E-state index is -1.09. The normalized spacial score (nSPS) is 31.0. The SMILES string of the molecule is COc1cccc(N2C(=O)NC(=O)[C@H](C=N[C@H]3C[C@H]4CC[C@H]3C4)C2=O)c1. The smallest absolute Gasteiger partial charge is 0.335 e. The fourth-order valence-electron chi connectivity index (χ4n) is 4.31. The predicted octanol–water partition coefficient (Wildman–Crippen LogP) is 2.15. The van der Waals surface area contributed by atoms with Crippen LogP contribution in [-0.4, -0.2) is 37.2 Å². The number of ether oxygens (including phenoxy) is 1. The lowest BCUT2D eigenvalue weighted by atomic mass is 9.95. The van der Waals surface area contributed by atoms with Crippen LogP contribution in [0.5, 0.6) is 5.75 Å². The number of aliphatic imine (C=N–C) groups is 1. The lowest BCUT2D eigenvalue weighted by Gasteiger charge is -2.29. The van der Waals surface area contributed by atoms with E-state index in [1.54, 1.807) is 24.3 Å². The molecule has 136 valence electrons. The van der Waals surface area contributed by atoms with E-state index in [1.807, 2.05) is 0 Å². The molecule has 0 radical (unpaired) electrons. The minimum absolute atomic E-state index is 0.192. The third-order valence-electron chi connectivity index (χ3n) is 5.64. The molecule has 26 heavy (non-hydrogen) atoms. The first-order valence-corrected chi connectivity index (χ1v) is 8.93. The molecule has 2 bridgehead atoms. The van der Waals surface area contributed by atoms with Crippen molar-refractivity contribution >= 4 is 29.7 Å². The number of barbiturate groups is 1. The van der Waals surface area contributed by atoms with Gasteiger partial charge >= 0.3 is 6.03 Å². The van der Waals surface area contributed by atoms with E-state index in [9.17, 15) is 14.4 Å². The number of benzene rings is 1. The fourth-order valence-corrected chi connectivity index (χ4v) is 4.31. The van der Waals surface area contributed by atoms with Crippen LogP contribution in [0.3, 0.4) is 0 Å². The van der Waals surface area contributed by atoms with Gasteiger partial charge in [0.05, 0.1) is 18.8 Å². The Kier molecular flexibility index (Phi) is 4.22. The van der Waals surface area contributed by atoms with E-state index in [0.717, 1.165) is 17.2 Å². The zero-order valence-electron chi connectivity index (χ0n) is 14.6. The lowest BCUT2D eigenvalue weighted by molar-refractivity contribution is -0.131.